The van der Waals surface area contributed by atoms with Crippen molar-refractivity contribution in [3.63, 3.8) is 0 Å². The normalized spacial score (nSPS) is 21.9. The molecule has 0 N–H and O–H groups in total. The van der Waals surface area contributed by atoms with Gasteiger partial charge in [-0.1, -0.05) is 0 Å². The van der Waals surface area contributed by atoms with E-state index in [2.05, 4.69) is 18.9 Å². The first-order chi connectivity index (χ1) is 8.00. The van der Waals surface area contributed by atoms with Gasteiger partial charge in [0, 0.05) is 44.6 Å². The van der Waals surface area contributed by atoms with Crippen molar-refractivity contribution >= 4 is 5.91 Å². The van der Waals surface area contributed by atoms with Crippen molar-refractivity contribution in [2.45, 2.75) is 19.9 Å². The van der Waals surface area contributed by atoms with E-state index < -0.39 is 0 Å². The lowest BCUT2D eigenvalue weighted by Gasteiger charge is -2.37. The summed E-state index contributed by atoms with van der Waals surface area (Å²) in [6.45, 7) is 6.76. The van der Waals surface area contributed by atoms with E-state index in [4.69, 9.17) is 0 Å². The number of hydrogen-bond donors (Lipinski definition) is 0. The molecular weight excluding hydrogens is 214 g/mol. The first-order valence-electron chi connectivity index (χ1n) is 6.12. The lowest BCUT2D eigenvalue weighted by Crippen LogP contribution is -2.52. The van der Waals surface area contributed by atoms with Crippen LogP contribution in [0.1, 0.15) is 23.0 Å². The van der Waals surface area contributed by atoms with Gasteiger partial charge in [0.05, 0.1) is 5.56 Å². The van der Waals surface area contributed by atoms with Crippen molar-refractivity contribution in [3.8, 4) is 0 Å². The van der Waals surface area contributed by atoms with Crippen molar-refractivity contribution in [2.24, 2.45) is 7.05 Å². The van der Waals surface area contributed by atoms with Gasteiger partial charge < -0.3 is 14.4 Å². The fourth-order valence-electron chi connectivity index (χ4n) is 2.24. The van der Waals surface area contributed by atoms with Crippen LogP contribution in [0, 0.1) is 6.92 Å². The van der Waals surface area contributed by atoms with Crippen LogP contribution in [0.5, 0.6) is 0 Å². The first kappa shape index (κ1) is 12.2. The highest BCUT2D eigenvalue weighted by Gasteiger charge is 2.26. The van der Waals surface area contributed by atoms with Gasteiger partial charge in [0.2, 0.25) is 0 Å². The van der Waals surface area contributed by atoms with Gasteiger partial charge in [-0.25, -0.2) is 0 Å². The van der Waals surface area contributed by atoms with E-state index in [9.17, 15) is 4.79 Å². The lowest BCUT2D eigenvalue weighted by molar-refractivity contribution is 0.0571. The van der Waals surface area contributed by atoms with E-state index in [0.29, 0.717) is 6.04 Å². The second-order valence-corrected chi connectivity index (χ2v) is 5.01. The maximum atomic E-state index is 12.4. The molecule has 4 heteroatoms. The second-order valence-electron chi connectivity index (χ2n) is 5.01. The molecule has 0 radical (unpaired) electrons. The fraction of sp³-hybridized carbons (Fsp3) is 0.615. The van der Waals surface area contributed by atoms with Gasteiger partial charge in [-0.05, 0) is 27.0 Å². The molecule has 1 amide bonds. The molecule has 1 aliphatic rings. The van der Waals surface area contributed by atoms with Crippen LogP contribution in [0.15, 0.2) is 12.3 Å². The van der Waals surface area contributed by atoms with Gasteiger partial charge in [-0.2, -0.15) is 0 Å². The standard InChI is InChI=1S/C13H21N3O/c1-10-9-16(8-7-14(10)3)13(17)12-5-6-15(4)11(12)2/h5-6,10H,7-9H2,1-4H3. The predicted molar refractivity (Wildman–Crippen MR) is 68.1 cm³/mol. The van der Waals surface area contributed by atoms with Crippen molar-refractivity contribution in [1.82, 2.24) is 14.4 Å². The number of piperazine rings is 1. The molecule has 4 nitrogen and oxygen atoms in total. The van der Waals surface area contributed by atoms with Crippen LogP contribution in [0.3, 0.4) is 0 Å². The van der Waals surface area contributed by atoms with Crippen molar-refractivity contribution in [1.29, 1.82) is 0 Å². The van der Waals surface area contributed by atoms with Gasteiger partial charge in [-0.3, -0.25) is 4.79 Å². The molecule has 0 saturated carbocycles. The number of aromatic nitrogens is 1. The van der Waals surface area contributed by atoms with E-state index in [-0.39, 0.29) is 5.91 Å². The molecule has 0 aliphatic carbocycles. The van der Waals surface area contributed by atoms with Gasteiger partial charge in [0.1, 0.15) is 0 Å². The molecule has 17 heavy (non-hydrogen) atoms. The predicted octanol–water partition coefficient (Wildman–Crippen LogP) is 1.11. The van der Waals surface area contributed by atoms with Crippen LogP contribution in [0.2, 0.25) is 0 Å². The van der Waals surface area contributed by atoms with E-state index in [1.54, 1.807) is 0 Å². The molecule has 1 saturated heterocycles. The highest BCUT2D eigenvalue weighted by atomic mass is 16.2. The third-order valence-electron chi connectivity index (χ3n) is 3.86. The average molecular weight is 235 g/mol. The maximum Gasteiger partial charge on any atom is 0.255 e. The van der Waals surface area contributed by atoms with Gasteiger partial charge in [0.15, 0.2) is 0 Å². The smallest absolute Gasteiger partial charge is 0.255 e. The summed E-state index contributed by atoms with van der Waals surface area (Å²) in [4.78, 5) is 16.6. The molecule has 94 valence electrons. The van der Waals surface area contributed by atoms with Gasteiger partial charge in [0.25, 0.3) is 5.91 Å². The molecule has 1 unspecified atom stereocenters. The molecule has 1 fully saturated rings. The minimum Gasteiger partial charge on any atom is -0.354 e. The van der Waals surface area contributed by atoms with Crippen LogP contribution in [0.25, 0.3) is 0 Å². The van der Waals surface area contributed by atoms with Crippen LogP contribution < -0.4 is 0 Å². The Balaban J connectivity index is 2.13. The molecule has 0 aromatic carbocycles. The molecule has 2 rings (SSSR count). The summed E-state index contributed by atoms with van der Waals surface area (Å²) < 4.78 is 1.99. The quantitative estimate of drug-likeness (QED) is 0.729. The fourth-order valence-corrected chi connectivity index (χ4v) is 2.24. The molecule has 0 spiro atoms. The molecular formula is C13H21N3O. The maximum absolute atomic E-state index is 12.4. The molecule has 0 bridgehead atoms. The number of nitrogens with zero attached hydrogens (tertiary/aromatic N) is 3. The summed E-state index contributed by atoms with van der Waals surface area (Å²) in [7, 11) is 4.08. The Morgan fingerprint density at radius 3 is 2.59 bits per heavy atom. The average Bonchev–Trinajstić information content (AvgIpc) is 2.63. The molecule has 1 aromatic rings. The minimum absolute atomic E-state index is 0.169. The van der Waals surface area contributed by atoms with Gasteiger partial charge >= 0.3 is 0 Å². The van der Waals surface area contributed by atoms with E-state index in [1.165, 1.54) is 0 Å². The zero-order chi connectivity index (χ0) is 12.6. The summed E-state index contributed by atoms with van der Waals surface area (Å²) >= 11 is 0. The number of rotatable bonds is 1. The number of likely N-dealkylation sites (N-methyl/N-ethyl adjacent to an activating group) is 1. The first-order valence-corrected chi connectivity index (χ1v) is 6.12. The van der Waals surface area contributed by atoms with Crippen LogP contribution >= 0.6 is 0 Å². The minimum atomic E-state index is 0.169. The van der Waals surface area contributed by atoms with E-state index >= 15 is 0 Å². The number of carbonyl (C=O) groups excluding carboxylic acids is 1. The SMILES string of the molecule is Cc1c(C(=O)N2CCN(C)C(C)C2)ccn1C. The van der Waals surface area contributed by atoms with E-state index in [0.717, 1.165) is 30.9 Å². The summed E-state index contributed by atoms with van der Waals surface area (Å²) in [5.74, 6) is 0.169. The lowest BCUT2D eigenvalue weighted by atomic mass is 10.1. The Kier molecular flexibility index (Phi) is 3.24. The Bertz CT molecular complexity index is 424. The monoisotopic (exact) mass is 235 g/mol. The van der Waals surface area contributed by atoms with Crippen LogP contribution in [0.4, 0.5) is 0 Å². The number of carbonyl (C=O) groups is 1. The number of amides is 1. The Morgan fingerprint density at radius 2 is 2.06 bits per heavy atom. The zero-order valence-corrected chi connectivity index (χ0v) is 11.1. The largest absolute Gasteiger partial charge is 0.354 e. The molecule has 1 aliphatic heterocycles. The zero-order valence-electron chi connectivity index (χ0n) is 11.1. The van der Waals surface area contributed by atoms with Crippen molar-refractivity contribution in [3.05, 3.63) is 23.5 Å². The molecule has 2 heterocycles. The summed E-state index contributed by atoms with van der Waals surface area (Å²) in [5.41, 5.74) is 1.88. The number of aryl methyl sites for hydroxylation is 1. The highest BCUT2D eigenvalue weighted by molar-refractivity contribution is 5.95. The summed E-state index contributed by atoms with van der Waals surface area (Å²) in [5, 5.41) is 0. The third-order valence-corrected chi connectivity index (χ3v) is 3.86. The van der Waals surface area contributed by atoms with Crippen LogP contribution in [-0.2, 0) is 7.05 Å². The third kappa shape index (κ3) is 2.22. The summed E-state index contributed by atoms with van der Waals surface area (Å²) in [6, 6.07) is 2.36. The Morgan fingerprint density at radius 1 is 1.35 bits per heavy atom. The van der Waals surface area contributed by atoms with Crippen molar-refractivity contribution < 1.29 is 4.79 Å². The van der Waals surface area contributed by atoms with Crippen molar-refractivity contribution in [2.75, 3.05) is 26.7 Å². The topological polar surface area (TPSA) is 28.5 Å². The molecule has 1 atom stereocenters. The summed E-state index contributed by atoms with van der Waals surface area (Å²) in [6.07, 6.45) is 1.95. The van der Waals surface area contributed by atoms with E-state index in [1.807, 2.05) is 35.7 Å². The highest BCUT2D eigenvalue weighted by Crippen LogP contribution is 2.15. The second kappa shape index (κ2) is 4.53. The Hall–Kier alpha value is -1.29. The van der Waals surface area contributed by atoms with Crippen LogP contribution in [-0.4, -0.2) is 53.0 Å². The van der Waals surface area contributed by atoms with Gasteiger partial charge in [-0.15, -0.1) is 0 Å². The Labute approximate surface area is 103 Å². The molecule has 1 aromatic heterocycles. The number of hydrogen-bond acceptors (Lipinski definition) is 2.